The minimum atomic E-state index is 0.539. The van der Waals surface area contributed by atoms with Gasteiger partial charge in [0.15, 0.2) is 0 Å². The summed E-state index contributed by atoms with van der Waals surface area (Å²) >= 11 is 9.16. The average Bonchev–Trinajstić information content (AvgIpc) is 2.52. The van der Waals surface area contributed by atoms with Crippen LogP contribution in [0.1, 0.15) is 54.3 Å². The van der Waals surface area contributed by atoms with E-state index in [2.05, 4.69) is 51.8 Å². The molecule has 0 bridgehead atoms. The number of hydrogen-bond acceptors (Lipinski definition) is 1. The van der Waals surface area contributed by atoms with Crippen molar-refractivity contribution < 1.29 is 0 Å². The molecule has 15 heavy (non-hydrogen) atoms. The van der Waals surface area contributed by atoms with Crippen LogP contribution < -0.4 is 0 Å². The molecule has 0 saturated heterocycles. The van der Waals surface area contributed by atoms with Crippen molar-refractivity contribution in [2.75, 3.05) is 0 Å². The molecule has 1 unspecified atom stereocenters. The molecule has 0 amide bonds. The maximum Gasteiger partial charge on any atom is 0.0704 e. The van der Waals surface area contributed by atoms with Crippen LogP contribution in [-0.2, 0) is 0 Å². The van der Waals surface area contributed by atoms with E-state index in [1.807, 2.05) is 11.3 Å². The third-order valence-electron chi connectivity index (χ3n) is 2.57. The van der Waals surface area contributed by atoms with Crippen LogP contribution in [0.25, 0.3) is 0 Å². The topological polar surface area (TPSA) is 0 Å². The first-order valence-corrected chi connectivity index (χ1v) is 8.07. The predicted molar refractivity (Wildman–Crippen MR) is 77.2 cm³/mol. The van der Waals surface area contributed by atoms with Crippen molar-refractivity contribution in [3.63, 3.8) is 0 Å². The smallest absolute Gasteiger partial charge is 0.0704 e. The molecule has 0 aliphatic carbocycles. The van der Waals surface area contributed by atoms with Crippen LogP contribution in [0.5, 0.6) is 0 Å². The van der Waals surface area contributed by atoms with E-state index in [1.54, 1.807) is 0 Å². The van der Waals surface area contributed by atoms with Gasteiger partial charge in [-0.15, -0.1) is 11.3 Å². The molecular weight excluding hydrogens is 336 g/mol. The van der Waals surface area contributed by atoms with Gasteiger partial charge in [-0.2, -0.15) is 0 Å². The van der Waals surface area contributed by atoms with Gasteiger partial charge in [0, 0.05) is 9.70 Å². The van der Waals surface area contributed by atoms with Gasteiger partial charge in [0.25, 0.3) is 0 Å². The number of rotatable bonds is 6. The molecule has 86 valence electrons. The molecule has 1 rings (SSSR count). The minimum absolute atomic E-state index is 0.539. The highest BCUT2D eigenvalue weighted by molar-refractivity contribution is 9.11. The molecule has 1 aromatic rings. The third kappa shape index (κ3) is 4.58. The number of alkyl halides is 1. The van der Waals surface area contributed by atoms with Crippen LogP contribution in [-0.4, -0.2) is 0 Å². The Morgan fingerprint density at radius 2 is 2.07 bits per heavy atom. The Balaban J connectivity index is 2.39. The van der Waals surface area contributed by atoms with Crippen molar-refractivity contribution in [3.8, 4) is 0 Å². The summed E-state index contributed by atoms with van der Waals surface area (Å²) < 4.78 is 1.24. The van der Waals surface area contributed by atoms with Gasteiger partial charge in [0.1, 0.15) is 0 Å². The van der Waals surface area contributed by atoms with Gasteiger partial charge in [0.05, 0.1) is 3.79 Å². The zero-order valence-corrected chi connectivity index (χ0v) is 13.3. The van der Waals surface area contributed by atoms with Crippen LogP contribution in [0.4, 0.5) is 0 Å². The summed E-state index contributed by atoms with van der Waals surface area (Å²) in [5.74, 6) is 0. The first-order chi connectivity index (χ1) is 7.15. The lowest BCUT2D eigenvalue weighted by Crippen LogP contribution is -1.90. The van der Waals surface area contributed by atoms with Crippen LogP contribution in [0.15, 0.2) is 9.85 Å². The summed E-state index contributed by atoms with van der Waals surface area (Å²) in [6.45, 7) is 4.46. The SMILES string of the molecule is CCCCCCC(Br)c1cc(Br)sc1C. The maximum absolute atomic E-state index is 3.79. The van der Waals surface area contributed by atoms with E-state index in [-0.39, 0.29) is 0 Å². The molecule has 0 N–H and O–H groups in total. The standard InChI is InChI=1S/C12H18Br2S/c1-3-4-5-6-7-11(13)10-8-12(14)15-9(10)2/h8,11H,3-7H2,1-2H3. The van der Waals surface area contributed by atoms with E-state index in [0.29, 0.717) is 4.83 Å². The molecule has 1 atom stereocenters. The van der Waals surface area contributed by atoms with Crippen LogP contribution in [0.3, 0.4) is 0 Å². The van der Waals surface area contributed by atoms with Crippen molar-refractivity contribution in [2.24, 2.45) is 0 Å². The molecule has 0 radical (unpaired) electrons. The Kier molecular flexibility index (Phi) is 6.48. The summed E-state index contributed by atoms with van der Waals surface area (Å²) in [7, 11) is 0. The second kappa shape index (κ2) is 7.08. The molecule has 0 aromatic carbocycles. The maximum atomic E-state index is 3.79. The van der Waals surface area contributed by atoms with Gasteiger partial charge in [-0.3, -0.25) is 0 Å². The Morgan fingerprint density at radius 3 is 2.60 bits per heavy atom. The highest BCUT2D eigenvalue weighted by Crippen LogP contribution is 2.37. The number of hydrogen-bond donors (Lipinski definition) is 0. The van der Waals surface area contributed by atoms with Crippen LogP contribution in [0, 0.1) is 6.92 Å². The normalized spacial score (nSPS) is 13.1. The molecular formula is C12H18Br2S. The number of halogens is 2. The number of thiophene rings is 1. The highest BCUT2D eigenvalue weighted by Gasteiger charge is 2.12. The van der Waals surface area contributed by atoms with Crippen LogP contribution >= 0.6 is 43.2 Å². The van der Waals surface area contributed by atoms with E-state index in [1.165, 1.54) is 46.3 Å². The Morgan fingerprint density at radius 1 is 1.33 bits per heavy atom. The predicted octanol–water partition coefficient (Wildman–Crippen LogP) is 6.23. The zero-order chi connectivity index (χ0) is 11.3. The van der Waals surface area contributed by atoms with Gasteiger partial charge in [-0.05, 0) is 40.9 Å². The molecule has 3 heteroatoms. The second-order valence-corrected chi connectivity index (χ2v) is 7.62. The lowest BCUT2D eigenvalue weighted by Gasteiger charge is -2.08. The van der Waals surface area contributed by atoms with Gasteiger partial charge in [-0.25, -0.2) is 0 Å². The number of unbranched alkanes of at least 4 members (excludes halogenated alkanes) is 3. The van der Waals surface area contributed by atoms with Crippen molar-refractivity contribution in [1.29, 1.82) is 0 Å². The fourth-order valence-corrected chi connectivity index (χ4v) is 4.40. The summed E-state index contributed by atoms with van der Waals surface area (Å²) in [6, 6.07) is 2.25. The van der Waals surface area contributed by atoms with Gasteiger partial charge < -0.3 is 0 Å². The highest BCUT2D eigenvalue weighted by atomic mass is 79.9. The van der Waals surface area contributed by atoms with Crippen molar-refractivity contribution in [2.45, 2.75) is 50.8 Å². The van der Waals surface area contributed by atoms with Crippen molar-refractivity contribution >= 4 is 43.2 Å². The summed E-state index contributed by atoms with van der Waals surface area (Å²) in [6.07, 6.45) is 6.63. The van der Waals surface area contributed by atoms with Gasteiger partial charge in [-0.1, -0.05) is 48.5 Å². The Hall–Kier alpha value is 0.660. The lowest BCUT2D eigenvalue weighted by molar-refractivity contribution is 0.630. The van der Waals surface area contributed by atoms with Crippen LogP contribution in [0.2, 0.25) is 0 Å². The summed E-state index contributed by atoms with van der Waals surface area (Å²) in [4.78, 5) is 1.97. The number of aryl methyl sites for hydroxylation is 1. The third-order valence-corrected chi connectivity index (χ3v) is 5.10. The first kappa shape index (κ1) is 13.7. The second-order valence-electron chi connectivity index (χ2n) is 3.88. The molecule has 0 nitrogen and oxygen atoms in total. The lowest BCUT2D eigenvalue weighted by atomic mass is 10.1. The minimum Gasteiger partial charge on any atom is -0.133 e. The molecule has 0 fully saturated rings. The largest absolute Gasteiger partial charge is 0.133 e. The molecule has 0 aliphatic heterocycles. The van der Waals surface area contributed by atoms with Gasteiger partial charge in [0.2, 0.25) is 0 Å². The van der Waals surface area contributed by atoms with E-state index in [0.717, 1.165) is 0 Å². The first-order valence-electron chi connectivity index (χ1n) is 5.55. The van der Waals surface area contributed by atoms with Crippen molar-refractivity contribution in [3.05, 3.63) is 20.3 Å². The van der Waals surface area contributed by atoms with Gasteiger partial charge >= 0.3 is 0 Å². The van der Waals surface area contributed by atoms with E-state index in [4.69, 9.17) is 0 Å². The van der Waals surface area contributed by atoms with E-state index < -0.39 is 0 Å². The molecule has 0 aliphatic rings. The Bertz CT molecular complexity index is 294. The monoisotopic (exact) mass is 352 g/mol. The zero-order valence-electron chi connectivity index (χ0n) is 9.35. The average molecular weight is 354 g/mol. The Labute approximate surface area is 114 Å². The van der Waals surface area contributed by atoms with Crippen molar-refractivity contribution in [1.82, 2.24) is 0 Å². The quantitative estimate of drug-likeness (QED) is 0.420. The fourth-order valence-electron chi connectivity index (χ4n) is 1.68. The molecule has 1 aromatic heterocycles. The summed E-state index contributed by atoms with van der Waals surface area (Å²) in [5.41, 5.74) is 1.46. The van der Waals surface area contributed by atoms with E-state index >= 15 is 0 Å². The summed E-state index contributed by atoms with van der Waals surface area (Å²) in [5, 5.41) is 0. The molecule has 0 saturated carbocycles. The molecule has 0 spiro atoms. The fraction of sp³-hybridized carbons (Fsp3) is 0.667. The van der Waals surface area contributed by atoms with E-state index in [9.17, 15) is 0 Å². The molecule has 1 heterocycles.